The van der Waals surface area contributed by atoms with E-state index in [2.05, 4.69) is 32.7 Å². The molecule has 0 radical (unpaired) electrons. The van der Waals surface area contributed by atoms with Gasteiger partial charge in [-0.3, -0.25) is 0 Å². The summed E-state index contributed by atoms with van der Waals surface area (Å²) in [4.78, 5) is 4.09. The van der Waals surface area contributed by atoms with Crippen molar-refractivity contribution in [3.05, 3.63) is 83.4 Å². The third-order valence-electron chi connectivity index (χ3n) is 5.18. The first-order valence-electron chi connectivity index (χ1n) is 9.48. The molecule has 28 heavy (non-hydrogen) atoms. The average Bonchev–Trinajstić information content (AvgIpc) is 3.15. The van der Waals surface area contributed by atoms with Crippen LogP contribution in [0.3, 0.4) is 0 Å². The molecule has 0 spiro atoms. The highest BCUT2D eigenvalue weighted by Crippen LogP contribution is 2.35. The van der Waals surface area contributed by atoms with Gasteiger partial charge >= 0.3 is 0 Å². The molecule has 0 aliphatic heterocycles. The molecule has 0 aliphatic rings. The number of nitrogens with zero attached hydrogens (tertiary/aromatic N) is 2. The number of allylic oxidation sites excluding steroid dienone is 4. The maximum absolute atomic E-state index is 14.2. The van der Waals surface area contributed by atoms with Gasteiger partial charge < -0.3 is 16.0 Å². The van der Waals surface area contributed by atoms with Crippen molar-refractivity contribution in [2.24, 2.45) is 22.8 Å². The Hall–Kier alpha value is -2.82. The molecule has 1 atom stereocenters. The van der Waals surface area contributed by atoms with E-state index >= 15 is 0 Å². The highest BCUT2D eigenvalue weighted by molar-refractivity contribution is 5.67. The first-order valence-corrected chi connectivity index (χ1v) is 9.48. The Balaban J connectivity index is 2.56. The number of hydrogen-bond acceptors (Lipinski definition) is 3. The Morgan fingerprint density at radius 2 is 1.93 bits per heavy atom. The van der Waals surface area contributed by atoms with Crippen molar-refractivity contribution in [1.29, 1.82) is 0 Å². The summed E-state index contributed by atoms with van der Waals surface area (Å²) in [5.74, 6) is -0.238. The van der Waals surface area contributed by atoms with E-state index in [-0.39, 0.29) is 17.2 Å². The van der Waals surface area contributed by atoms with Gasteiger partial charge in [-0.1, -0.05) is 45.9 Å². The Morgan fingerprint density at radius 1 is 1.25 bits per heavy atom. The van der Waals surface area contributed by atoms with Gasteiger partial charge in [0.05, 0.1) is 12.9 Å². The van der Waals surface area contributed by atoms with E-state index in [9.17, 15) is 4.39 Å². The molecule has 1 aromatic heterocycles. The zero-order chi connectivity index (χ0) is 20.9. The number of benzene rings is 1. The van der Waals surface area contributed by atoms with E-state index in [1.54, 1.807) is 30.7 Å². The van der Waals surface area contributed by atoms with Gasteiger partial charge in [0.25, 0.3) is 0 Å². The van der Waals surface area contributed by atoms with Crippen LogP contribution in [-0.4, -0.2) is 9.55 Å². The molecule has 150 valence electrons. The first kappa shape index (κ1) is 21.5. The van der Waals surface area contributed by atoms with Gasteiger partial charge in [-0.25, -0.2) is 9.37 Å². The van der Waals surface area contributed by atoms with Gasteiger partial charge in [-0.2, -0.15) is 0 Å². The summed E-state index contributed by atoms with van der Waals surface area (Å²) in [7, 11) is 0. The predicted molar refractivity (Wildman–Crippen MR) is 114 cm³/mol. The smallest absolute Gasteiger partial charge is 0.132 e. The van der Waals surface area contributed by atoms with Gasteiger partial charge in [0.2, 0.25) is 0 Å². The van der Waals surface area contributed by atoms with Gasteiger partial charge in [-0.15, -0.1) is 0 Å². The summed E-state index contributed by atoms with van der Waals surface area (Å²) in [6, 6.07) is 6.51. The molecule has 5 heteroatoms. The second kappa shape index (κ2) is 8.91. The molecule has 4 nitrogen and oxygen atoms in total. The van der Waals surface area contributed by atoms with Crippen molar-refractivity contribution < 1.29 is 4.39 Å². The SMILES string of the molecule is C\C=C(Cn1ccnc1)/C(N)=C(/C=C(\N)c1ccccc1F)C(C)C(C)(C)C. The maximum Gasteiger partial charge on any atom is 0.132 e. The highest BCUT2D eigenvalue weighted by Gasteiger charge is 2.26. The minimum Gasteiger partial charge on any atom is -0.398 e. The molecule has 0 amide bonds. The topological polar surface area (TPSA) is 69.9 Å². The van der Waals surface area contributed by atoms with Crippen LogP contribution in [0.1, 0.15) is 40.2 Å². The fourth-order valence-electron chi connectivity index (χ4n) is 2.94. The third-order valence-corrected chi connectivity index (χ3v) is 5.18. The third kappa shape index (κ3) is 5.12. The lowest BCUT2D eigenvalue weighted by atomic mass is 9.76. The minimum absolute atomic E-state index is 0.0418. The van der Waals surface area contributed by atoms with Crippen LogP contribution in [0.15, 0.2) is 72.0 Å². The number of hydrogen-bond donors (Lipinski definition) is 2. The molecule has 0 saturated heterocycles. The Bertz CT molecular complexity index is 884. The van der Waals surface area contributed by atoms with E-state index in [0.717, 1.165) is 11.1 Å². The highest BCUT2D eigenvalue weighted by atomic mass is 19.1. The van der Waals surface area contributed by atoms with E-state index < -0.39 is 0 Å². The van der Waals surface area contributed by atoms with Crippen molar-refractivity contribution in [3.63, 3.8) is 0 Å². The van der Waals surface area contributed by atoms with Gasteiger partial charge in [0.1, 0.15) is 5.82 Å². The van der Waals surface area contributed by atoms with E-state index in [0.29, 0.717) is 23.5 Å². The van der Waals surface area contributed by atoms with Crippen LogP contribution < -0.4 is 11.5 Å². The second-order valence-electron chi connectivity index (χ2n) is 8.09. The number of halogens is 1. The monoisotopic (exact) mass is 382 g/mol. The normalized spacial score (nSPS) is 15.4. The van der Waals surface area contributed by atoms with Crippen LogP contribution in [0, 0.1) is 17.2 Å². The lowest BCUT2D eigenvalue weighted by Crippen LogP contribution is -2.23. The zero-order valence-corrected chi connectivity index (χ0v) is 17.4. The molecule has 2 aromatic rings. The van der Waals surface area contributed by atoms with Crippen LogP contribution in [0.25, 0.3) is 5.70 Å². The fourth-order valence-corrected chi connectivity index (χ4v) is 2.94. The van der Waals surface area contributed by atoms with Crippen LogP contribution >= 0.6 is 0 Å². The Morgan fingerprint density at radius 3 is 2.46 bits per heavy atom. The maximum atomic E-state index is 14.2. The van der Waals surface area contributed by atoms with Gasteiger partial charge in [-0.05, 0) is 47.6 Å². The van der Waals surface area contributed by atoms with Gasteiger partial charge in [0, 0.05) is 29.4 Å². The number of rotatable bonds is 6. The van der Waals surface area contributed by atoms with Crippen molar-refractivity contribution in [2.75, 3.05) is 0 Å². The van der Waals surface area contributed by atoms with E-state index in [1.807, 2.05) is 29.8 Å². The molecule has 0 fully saturated rings. The minimum atomic E-state index is -0.345. The Kier molecular flexibility index (Phi) is 6.84. The molecule has 2 rings (SSSR count). The second-order valence-corrected chi connectivity index (χ2v) is 8.09. The molecule has 0 aliphatic carbocycles. The molecule has 1 heterocycles. The largest absolute Gasteiger partial charge is 0.398 e. The van der Waals surface area contributed by atoms with E-state index in [4.69, 9.17) is 11.5 Å². The van der Waals surface area contributed by atoms with Crippen molar-refractivity contribution in [1.82, 2.24) is 9.55 Å². The summed E-state index contributed by atoms with van der Waals surface area (Å²) < 4.78 is 16.2. The quantitative estimate of drug-likeness (QED) is 0.701. The van der Waals surface area contributed by atoms with Crippen molar-refractivity contribution >= 4 is 5.70 Å². The first-order chi connectivity index (χ1) is 13.1. The molecule has 1 unspecified atom stereocenters. The fraction of sp³-hybridized carbons (Fsp3) is 0.348. The number of nitrogens with two attached hydrogens (primary N) is 2. The average molecular weight is 383 g/mol. The molecular weight excluding hydrogens is 351 g/mol. The Labute approximate surface area is 167 Å². The molecule has 0 bridgehead atoms. The summed E-state index contributed by atoms with van der Waals surface area (Å²) >= 11 is 0. The van der Waals surface area contributed by atoms with Crippen LogP contribution in [-0.2, 0) is 6.54 Å². The van der Waals surface area contributed by atoms with E-state index in [1.165, 1.54) is 6.07 Å². The lowest BCUT2D eigenvalue weighted by molar-refractivity contribution is 0.303. The molecular formula is C23H31FN4. The lowest BCUT2D eigenvalue weighted by Gasteiger charge is -2.30. The summed E-state index contributed by atoms with van der Waals surface area (Å²) in [6.07, 6.45) is 9.21. The molecule has 4 N–H and O–H groups in total. The number of imidazole rings is 1. The van der Waals surface area contributed by atoms with Crippen LogP contribution in [0.5, 0.6) is 0 Å². The van der Waals surface area contributed by atoms with Crippen molar-refractivity contribution in [3.8, 4) is 0 Å². The number of aromatic nitrogens is 2. The zero-order valence-electron chi connectivity index (χ0n) is 17.4. The predicted octanol–water partition coefficient (Wildman–Crippen LogP) is 4.86. The van der Waals surface area contributed by atoms with Crippen LogP contribution in [0.4, 0.5) is 4.39 Å². The van der Waals surface area contributed by atoms with Crippen LogP contribution in [0.2, 0.25) is 0 Å². The van der Waals surface area contributed by atoms with Gasteiger partial charge in [0.15, 0.2) is 0 Å². The summed E-state index contributed by atoms with van der Waals surface area (Å²) in [5.41, 5.74) is 16.2. The standard InChI is InChI=1S/C23H31FN4/c1-6-17(14-28-12-11-27-15-28)22(26)19(16(2)23(3,4)5)13-21(25)18-9-7-8-10-20(18)24/h6-13,15-16H,14,25-26H2,1-5H3/b17-6-,21-13-,22-19+. The molecule has 0 saturated carbocycles. The van der Waals surface area contributed by atoms with Crippen molar-refractivity contribution in [2.45, 2.75) is 41.2 Å². The summed E-state index contributed by atoms with van der Waals surface area (Å²) in [5, 5.41) is 0. The summed E-state index contributed by atoms with van der Waals surface area (Å²) in [6.45, 7) is 11.2. The molecule has 1 aromatic carbocycles.